The maximum atomic E-state index is 10.8. The van der Waals surface area contributed by atoms with Gasteiger partial charge in [-0.15, -0.1) is 0 Å². The fraction of sp³-hybridized carbons (Fsp3) is 0.900. The summed E-state index contributed by atoms with van der Waals surface area (Å²) in [5.74, 6) is -1.40. The van der Waals surface area contributed by atoms with E-state index in [0.717, 1.165) is 25.7 Å². The van der Waals surface area contributed by atoms with Gasteiger partial charge in [-0.25, -0.2) is 0 Å². The van der Waals surface area contributed by atoms with E-state index in [9.17, 15) is 9.59 Å². The molecule has 2 N–H and O–H groups in total. The van der Waals surface area contributed by atoms with Crippen molar-refractivity contribution in [1.82, 2.24) is 0 Å². The van der Waals surface area contributed by atoms with Gasteiger partial charge in [0.15, 0.2) is 0 Å². The molecule has 0 aliphatic rings. The molecule has 0 aliphatic carbocycles. The van der Waals surface area contributed by atoms with Crippen molar-refractivity contribution < 1.29 is 19.8 Å². The average molecular weight is 343 g/mol. The van der Waals surface area contributed by atoms with Crippen LogP contribution in [0, 0.1) is 10.8 Å². The Bertz CT molecular complexity index is 336. The Kier molecular flexibility index (Phi) is 11.0. The van der Waals surface area contributed by atoms with Crippen LogP contribution in [0.25, 0.3) is 0 Å². The maximum absolute atomic E-state index is 10.8. The summed E-state index contributed by atoms with van der Waals surface area (Å²) in [4.78, 5) is 21.5. The van der Waals surface area contributed by atoms with Gasteiger partial charge in [0.2, 0.25) is 0 Å². The van der Waals surface area contributed by atoms with Crippen molar-refractivity contribution in [3.63, 3.8) is 0 Å². The minimum atomic E-state index is -0.702. The van der Waals surface area contributed by atoms with Crippen LogP contribution in [0.15, 0.2) is 0 Å². The van der Waals surface area contributed by atoms with Crippen molar-refractivity contribution in [3.8, 4) is 0 Å². The Morgan fingerprint density at radius 3 is 1.08 bits per heavy atom. The maximum Gasteiger partial charge on any atom is 0.303 e. The molecule has 0 aliphatic heterocycles. The van der Waals surface area contributed by atoms with E-state index in [4.69, 9.17) is 10.2 Å². The highest BCUT2D eigenvalue weighted by atomic mass is 16.4. The van der Waals surface area contributed by atoms with Gasteiger partial charge in [0.1, 0.15) is 0 Å². The Balaban J connectivity index is 3.49. The second kappa shape index (κ2) is 11.5. The van der Waals surface area contributed by atoms with Crippen LogP contribution in [0.2, 0.25) is 0 Å². The molecule has 0 aromatic heterocycles. The molecule has 0 amide bonds. The molecule has 0 bridgehead atoms. The number of carboxylic acids is 2. The lowest BCUT2D eigenvalue weighted by Crippen LogP contribution is -2.16. The van der Waals surface area contributed by atoms with Crippen LogP contribution in [0.4, 0.5) is 0 Å². The van der Waals surface area contributed by atoms with Gasteiger partial charge in [-0.2, -0.15) is 0 Å². The fourth-order valence-electron chi connectivity index (χ4n) is 3.26. The molecule has 0 aromatic carbocycles. The van der Waals surface area contributed by atoms with Crippen LogP contribution in [0.5, 0.6) is 0 Å². The average Bonchev–Trinajstić information content (AvgIpc) is 2.37. The van der Waals surface area contributed by atoms with Crippen LogP contribution < -0.4 is 0 Å². The van der Waals surface area contributed by atoms with Gasteiger partial charge in [-0.3, -0.25) is 9.59 Å². The minimum Gasteiger partial charge on any atom is -0.481 e. The molecule has 0 rings (SSSR count). The lowest BCUT2D eigenvalue weighted by Gasteiger charge is -2.22. The molecule has 0 saturated carbocycles. The third-order valence-electron chi connectivity index (χ3n) is 4.72. The summed E-state index contributed by atoms with van der Waals surface area (Å²) in [6.45, 7) is 8.14. The zero-order valence-electron chi connectivity index (χ0n) is 16.2. The lowest BCUT2D eigenvalue weighted by atomic mass is 9.83. The first-order valence-corrected chi connectivity index (χ1v) is 9.48. The Hall–Kier alpha value is -1.06. The molecule has 0 heterocycles. The Labute approximate surface area is 148 Å². The molecule has 142 valence electrons. The molecular weight excluding hydrogens is 304 g/mol. The molecule has 0 aromatic rings. The summed E-state index contributed by atoms with van der Waals surface area (Å²) >= 11 is 0. The van der Waals surface area contributed by atoms with Crippen molar-refractivity contribution in [2.75, 3.05) is 0 Å². The van der Waals surface area contributed by atoms with Crippen LogP contribution in [0.3, 0.4) is 0 Å². The van der Waals surface area contributed by atoms with E-state index in [1.807, 2.05) is 27.7 Å². The summed E-state index contributed by atoms with van der Waals surface area (Å²) in [5.41, 5.74) is -0.177. The first-order chi connectivity index (χ1) is 11.0. The van der Waals surface area contributed by atoms with Gasteiger partial charge in [0.05, 0.1) is 12.8 Å². The van der Waals surface area contributed by atoms with Crippen LogP contribution in [-0.2, 0) is 9.59 Å². The predicted octanol–water partition coefficient (Wildman–Crippen LogP) is 5.89. The topological polar surface area (TPSA) is 74.6 Å². The second-order valence-electron chi connectivity index (χ2n) is 8.80. The molecule has 0 saturated heterocycles. The number of hydrogen-bond donors (Lipinski definition) is 2. The van der Waals surface area contributed by atoms with E-state index in [2.05, 4.69) is 0 Å². The van der Waals surface area contributed by atoms with Crippen LogP contribution >= 0.6 is 0 Å². The van der Waals surface area contributed by atoms with E-state index in [-0.39, 0.29) is 23.7 Å². The number of aliphatic carboxylic acids is 2. The van der Waals surface area contributed by atoms with Crippen molar-refractivity contribution in [2.24, 2.45) is 10.8 Å². The van der Waals surface area contributed by atoms with Gasteiger partial charge in [0.25, 0.3) is 0 Å². The monoisotopic (exact) mass is 342 g/mol. The van der Waals surface area contributed by atoms with Gasteiger partial charge in [-0.1, -0.05) is 79.1 Å². The minimum absolute atomic E-state index is 0.0887. The van der Waals surface area contributed by atoms with Gasteiger partial charge in [0, 0.05) is 0 Å². The predicted molar refractivity (Wildman–Crippen MR) is 98.2 cm³/mol. The van der Waals surface area contributed by atoms with Crippen molar-refractivity contribution >= 4 is 11.9 Å². The van der Waals surface area contributed by atoms with Gasteiger partial charge in [-0.05, 0) is 23.7 Å². The number of carbonyl (C=O) groups is 2. The standard InChI is InChI=1S/C20H38O4/c1-19(2,15-17(21)22)13-11-9-7-5-6-8-10-12-14-20(3,4)16-18(23)24/h5-16H2,1-4H3,(H,21,22)(H,23,24). The second-order valence-corrected chi connectivity index (χ2v) is 8.80. The van der Waals surface area contributed by atoms with E-state index in [1.54, 1.807) is 0 Å². The molecule has 0 unspecified atom stereocenters. The third-order valence-corrected chi connectivity index (χ3v) is 4.72. The first kappa shape index (κ1) is 22.9. The molecule has 0 atom stereocenters. The van der Waals surface area contributed by atoms with E-state index in [0.29, 0.717) is 0 Å². The number of unbranched alkanes of at least 4 members (excludes halogenated alkanes) is 7. The number of carboxylic acid groups (broad SMARTS) is 2. The van der Waals surface area contributed by atoms with Crippen LogP contribution in [0.1, 0.15) is 105 Å². The molecule has 24 heavy (non-hydrogen) atoms. The Morgan fingerprint density at radius 1 is 0.583 bits per heavy atom. The van der Waals surface area contributed by atoms with Crippen molar-refractivity contribution in [2.45, 2.75) is 105 Å². The molecule has 0 fully saturated rings. The van der Waals surface area contributed by atoms with Crippen LogP contribution in [-0.4, -0.2) is 22.2 Å². The largest absolute Gasteiger partial charge is 0.481 e. The molecule has 4 heteroatoms. The summed E-state index contributed by atoms with van der Waals surface area (Å²) in [7, 11) is 0. The zero-order valence-corrected chi connectivity index (χ0v) is 16.2. The molecule has 0 spiro atoms. The normalized spacial score (nSPS) is 12.3. The highest BCUT2D eigenvalue weighted by molar-refractivity contribution is 5.67. The fourth-order valence-corrected chi connectivity index (χ4v) is 3.26. The Morgan fingerprint density at radius 2 is 0.833 bits per heavy atom. The highest BCUT2D eigenvalue weighted by Gasteiger charge is 2.21. The lowest BCUT2D eigenvalue weighted by molar-refractivity contribution is -0.140. The summed E-state index contributed by atoms with van der Waals surface area (Å²) in [6, 6.07) is 0. The van der Waals surface area contributed by atoms with Gasteiger partial charge >= 0.3 is 11.9 Å². The molecular formula is C20H38O4. The van der Waals surface area contributed by atoms with E-state index in [1.165, 1.54) is 38.5 Å². The number of hydrogen-bond acceptors (Lipinski definition) is 2. The smallest absolute Gasteiger partial charge is 0.303 e. The zero-order chi connectivity index (χ0) is 18.6. The third kappa shape index (κ3) is 14.5. The SMILES string of the molecule is CC(C)(CCCCCCCCCCC(C)(C)CC(=O)O)CC(=O)O. The molecule has 4 nitrogen and oxygen atoms in total. The quantitative estimate of drug-likeness (QED) is 0.364. The number of rotatable bonds is 15. The van der Waals surface area contributed by atoms with Gasteiger partial charge < -0.3 is 10.2 Å². The first-order valence-electron chi connectivity index (χ1n) is 9.48. The van der Waals surface area contributed by atoms with Crippen molar-refractivity contribution in [1.29, 1.82) is 0 Å². The summed E-state index contributed by atoms with van der Waals surface area (Å²) < 4.78 is 0. The highest BCUT2D eigenvalue weighted by Crippen LogP contribution is 2.29. The van der Waals surface area contributed by atoms with E-state index >= 15 is 0 Å². The molecule has 0 radical (unpaired) electrons. The van der Waals surface area contributed by atoms with E-state index < -0.39 is 11.9 Å². The summed E-state index contributed by atoms with van der Waals surface area (Å²) in [5, 5.41) is 17.7. The van der Waals surface area contributed by atoms with Crippen molar-refractivity contribution in [3.05, 3.63) is 0 Å². The summed E-state index contributed by atoms with van der Waals surface area (Å²) in [6.07, 6.45) is 12.0.